The Bertz CT molecular complexity index is 886. The summed E-state index contributed by atoms with van der Waals surface area (Å²) in [4.78, 5) is 30.5. The fourth-order valence-electron chi connectivity index (χ4n) is 3.70. The SMILES string of the molecule is CSCC[C@@H]1NC(=O)CCCNCCn2nc(-c3ccccc3)nc2[C@@H](C(C)C)NC1=O. The third-order valence-corrected chi connectivity index (χ3v) is 6.14. The zero-order chi connectivity index (χ0) is 22.9. The maximum absolute atomic E-state index is 13.2. The molecular formula is C23H34N6O2S. The number of thioether (sulfide) groups is 1. The molecule has 3 N–H and O–H groups in total. The molecule has 3 rings (SSSR count). The van der Waals surface area contributed by atoms with E-state index in [-0.39, 0.29) is 23.8 Å². The van der Waals surface area contributed by atoms with Gasteiger partial charge < -0.3 is 16.0 Å². The van der Waals surface area contributed by atoms with Gasteiger partial charge in [0.1, 0.15) is 11.9 Å². The van der Waals surface area contributed by atoms with Crippen LogP contribution in [-0.2, 0) is 16.1 Å². The zero-order valence-corrected chi connectivity index (χ0v) is 20.0. The van der Waals surface area contributed by atoms with Crippen molar-refractivity contribution >= 4 is 23.6 Å². The van der Waals surface area contributed by atoms with Crippen LogP contribution in [0, 0.1) is 5.92 Å². The van der Waals surface area contributed by atoms with Crippen molar-refractivity contribution in [3.63, 3.8) is 0 Å². The van der Waals surface area contributed by atoms with Crippen molar-refractivity contribution in [3.05, 3.63) is 36.2 Å². The van der Waals surface area contributed by atoms with Gasteiger partial charge in [-0.25, -0.2) is 9.67 Å². The average Bonchev–Trinajstić information content (AvgIpc) is 3.20. The van der Waals surface area contributed by atoms with Crippen LogP contribution in [0.2, 0.25) is 0 Å². The molecule has 1 aliphatic rings. The van der Waals surface area contributed by atoms with Crippen LogP contribution in [0.3, 0.4) is 0 Å². The molecule has 0 spiro atoms. The zero-order valence-electron chi connectivity index (χ0n) is 19.1. The number of carbonyl (C=O) groups is 2. The number of rotatable bonds is 5. The first-order valence-electron chi connectivity index (χ1n) is 11.3. The van der Waals surface area contributed by atoms with Gasteiger partial charge in [0.15, 0.2) is 5.82 Å². The Morgan fingerprint density at radius 1 is 1.16 bits per heavy atom. The molecule has 0 saturated carbocycles. The Kier molecular flexibility index (Phi) is 9.11. The second-order valence-corrected chi connectivity index (χ2v) is 9.35. The first-order chi connectivity index (χ1) is 15.5. The molecule has 8 nitrogen and oxygen atoms in total. The molecule has 32 heavy (non-hydrogen) atoms. The normalized spacial score (nSPS) is 20.9. The lowest BCUT2D eigenvalue weighted by atomic mass is 10.0. The van der Waals surface area contributed by atoms with Crippen molar-refractivity contribution in [3.8, 4) is 11.4 Å². The van der Waals surface area contributed by atoms with Crippen molar-refractivity contribution in [1.29, 1.82) is 0 Å². The van der Waals surface area contributed by atoms with Gasteiger partial charge in [-0.05, 0) is 37.3 Å². The summed E-state index contributed by atoms with van der Waals surface area (Å²) in [5.74, 6) is 2.03. The summed E-state index contributed by atoms with van der Waals surface area (Å²) in [6.07, 6.45) is 3.70. The molecule has 0 unspecified atom stereocenters. The maximum atomic E-state index is 13.2. The number of nitrogens with zero attached hydrogens (tertiary/aromatic N) is 3. The number of hydrogen-bond acceptors (Lipinski definition) is 6. The number of aromatic nitrogens is 3. The Balaban J connectivity index is 1.94. The van der Waals surface area contributed by atoms with Crippen LogP contribution in [0.15, 0.2) is 30.3 Å². The average molecular weight is 459 g/mol. The van der Waals surface area contributed by atoms with E-state index < -0.39 is 6.04 Å². The van der Waals surface area contributed by atoms with E-state index in [9.17, 15) is 9.59 Å². The van der Waals surface area contributed by atoms with E-state index in [1.807, 2.05) is 41.3 Å². The van der Waals surface area contributed by atoms with Crippen molar-refractivity contribution in [2.75, 3.05) is 25.1 Å². The fraction of sp³-hybridized carbons (Fsp3) is 0.565. The summed E-state index contributed by atoms with van der Waals surface area (Å²) in [6, 6.07) is 9.00. The van der Waals surface area contributed by atoms with E-state index in [0.29, 0.717) is 31.8 Å². The van der Waals surface area contributed by atoms with Gasteiger partial charge in [0.25, 0.3) is 0 Å². The molecule has 2 heterocycles. The third-order valence-electron chi connectivity index (χ3n) is 5.50. The lowest BCUT2D eigenvalue weighted by Crippen LogP contribution is -2.49. The molecule has 0 radical (unpaired) electrons. The highest BCUT2D eigenvalue weighted by molar-refractivity contribution is 7.98. The molecule has 2 amide bonds. The summed E-state index contributed by atoms with van der Waals surface area (Å²) in [7, 11) is 0. The van der Waals surface area contributed by atoms with Crippen LogP contribution >= 0.6 is 11.8 Å². The predicted molar refractivity (Wildman–Crippen MR) is 128 cm³/mol. The van der Waals surface area contributed by atoms with Gasteiger partial charge in [-0.1, -0.05) is 44.2 Å². The van der Waals surface area contributed by atoms with E-state index in [1.165, 1.54) is 0 Å². The monoisotopic (exact) mass is 458 g/mol. The molecule has 174 valence electrons. The Morgan fingerprint density at radius 2 is 1.94 bits per heavy atom. The van der Waals surface area contributed by atoms with Crippen LogP contribution in [0.5, 0.6) is 0 Å². The third kappa shape index (κ3) is 6.56. The van der Waals surface area contributed by atoms with Crippen molar-refractivity contribution in [2.45, 2.75) is 51.7 Å². The minimum absolute atomic E-state index is 0.0826. The highest BCUT2D eigenvalue weighted by Crippen LogP contribution is 2.24. The van der Waals surface area contributed by atoms with E-state index in [0.717, 1.165) is 30.1 Å². The van der Waals surface area contributed by atoms with Crippen molar-refractivity contribution < 1.29 is 9.59 Å². The van der Waals surface area contributed by atoms with Crippen LogP contribution in [-0.4, -0.2) is 57.7 Å². The van der Waals surface area contributed by atoms with Crippen LogP contribution in [0.4, 0.5) is 0 Å². The van der Waals surface area contributed by atoms with Crippen LogP contribution < -0.4 is 16.0 Å². The molecule has 1 aliphatic heterocycles. The van der Waals surface area contributed by atoms with Gasteiger partial charge in [0.2, 0.25) is 11.8 Å². The van der Waals surface area contributed by atoms with Crippen molar-refractivity contribution in [1.82, 2.24) is 30.7 Å². The quantitative estimate of drug-likeness (QED) is 0.636. The second-order valence-electron chi connectivity index (χ2n) is 8.37. The van der Waals surface area contributed by atoms with Gasteiger partial charge in [0.05, 0.1) is 12.6 Å². The topological polar surface area (TPSA) is 101 Å². The van der Waals surface area contributed by atoms with Gasteiger partial charge in [0, 0.05) is 18.5 Å². The minimum atomic E-state index is -0.558. The Morgan fingerprint density at radius 3 is 2.66 bits per heavy atom. The highest BCUT2D eigenvalue weighted by Gasteiger charge is 2.29. The Labute approximate surface area is 194 Å². The smallest absolute Gasteiger partial charge is 0.243 e. The summed E-state index contributed by atoms with van der Waals surface area (Å²) in [6.45, 7) is 6.20. The van der Waals surface area contributed by atoms with Crippen LogP contribution in [0.25, 0.3) is 11.4 Å². The molecule has 2 aromatic rings. The molecule has 0 fully saturated rings. The number of fused-ring (bicyclic) bond motifs is 1. The number of benzene rings is 1. The first kappa shape index (κ1) is 24.3. The standard InChI is InChI=1S/C23H34N6O2S/c1-16(2)20-22-27-21(17-8-5-4-6-9-17)28-29(22)14-13-24-12-7-10-19(30)25-18(11-15-32-3)23(31)26-20/h4-6,8-9,16,18,20,24H,7,10-15H2,1-3H3,(H,25,30)(H,26,31)/t18-,20+/m0/s1. The molecule has 1 aromatic carbocycles. The lowest BCUT2D eigenvalue weighted by molar-refractivity contribution is -0.129. The van der Waals surface area contributed by atoms with E-state index in [4.69, 9.17) is 10.1 Å². The van der Waals surface area contributed by atoms with Gasteiger partial charge in [-0.3, -0.25) is 9.59 Å². The predicted octanol–water partition coefficient (Wildman–Crippen LogP) is 2.38. The number of hydrogen-bond donors (Lipinski definition) is 3. The van der Waals surface area contributed by atoms with E-state index in [2.05, 4.69) is 29.8 Å². The van der Waals surface area contributed by atoms with Crippen LogP contribution in [0.1, 0.15) is 45.0 Å². The highest BCUT2D eigenvalue weighted by atomic mass is 32.2. The van der Waals surface area contributed by atoms with E-state index in [1.54, 1.807) is 11.8 Å². The Hall–Kier alpha value is -2.39. The number of nitrogens with one attached hydrogen (secondary N) is 3. The number of carbonyl (C=O) groups excluding carboxylic acids is 2. The molecular weight excluding hydrogens is 424 g/mol. The van der Waals surface area contributed by atoms with Crippen molar-refractivity contribution in [2.24, 2.45) is 5.92 Å². The second kappa shape index (κ2) is 12.0. The molecule has 9 heteroatoms. The molecule has 0 aliphatic carbocycles. The minimum Gasteiger partial charge on any atom is -0.344 e. The van der Waals surface area contributed by atoms with Gasteiger partial charge in [-0.2, -0.15) is 16.9 Å². The molecule has 1 aromatic heterocycles. The summed E-state index contributed by atoms with van der Waals surface area (Å²) < 4.78 is 1.90. The first-order valence-corrected chi connectivity index (χ1v) is 12.7. The maximum Gasteiger partial charge on any atom is 0.243 e. The number of amides is 2. The summed E-state index contributed by atoms with van der Waals surface area (Å²) >= 11 is 1.66. The summed E-state index contributed by atoms with van der Waals surface area (Å²) in [5.41, 5.74) is 0.942. The lowest BCUT2D eigenvalue weighted by Gasteiger charge is -2.26. The fourth-order valence-corrected chi connectivity index (χ4v) is 4.17. The van der Waals surface area contributed by atoms with Gasteiger partial charge in [-0.15, -0.1) is 0 Å². The molecule has 0 bridgehead atoms. The van der Waals surface area contributed by atoms with E-state index >= 15 is 0 Å². The van der Waals surface area contributed by atoms with Gasteiger partial charge >= 0.3 is 0 Å². The largest absolute Gasteiger partial charge is 0.344 e. The molecule has 0 saturated heterocycles. The molecule has 2 atom stereocenters. The summed E-state index contributed by atoms with van der Waals surface area (Å²) in [5, 5.41) is 14.3.